The molecular weight excluding hydrogens is 408 g/mol. The van der Waals surface area contributed by atoms with Gasteiger partial charge in [-0.1, -0.05) is 18.2 Å². The summed E-state index contributed by atoms with van der Waals surface area (Å²) in [6, 6.07) is 12.7. The van der Waals surface area contributed by atoms with E-state index in [9.17, 15) is 9.59 Å². The lowest BCUT2D eigenvalue weighted by molar-refractivity contribution is -0.138. The van der Waals surface area contributed by atoms with E-state index in [1.807, 2.05) is 66.3 Å². The van der Waals surface area contributed by atoms with Crippen LogP contribution in [0.4, 0.5) is 0 Å². The summed E-state index contributed by atoms with van der Waals surface area (Å²) in [5, 5.41) is 9.66. The van der Waals surface area contributed by atoms with Crippen LogP contribution in [0.3, 0.4) is 0 Å². The zero-order valence-corrected chi connectivity index (χ0v) is 18.0. The minimum absolute atomic E-state index is 0.139. The van der Waals surface area contributed by atoms with Gasteiger partial charge in [0.1, 0.15) is 16.9 Å². The van der Waals surface area contributed by atoms with Crippen LogP contribution < -0.4 is 5.56 Å². The Balaban J connectivity index is 1.71. The van der Waals surface area contributed by atoms with Gasteiger partial charge in [-0.05, 0) is 38.1 Å². The van der Waals surface area contributed by atoms with Crippen LogP contribution in [0.15, 0.2) is 59.7 Å². The highest BCUT2D eigenvalue weighted by molar-refractivity contribution is 5.88. The molecule has 0 unspecified atom stereocenters. The number of aromatic nitrogens is 5. The first-order chi connectivity index (χ1) is 15.6. The molecule has 9 heteroatoms. The second-order valence-corrected chi connectivity index (χ2v) is 7.83. The number of ether oxygens (including phenoxy) is 1. The Bertz CT molecular complexity index is 1320. The van der Waals surface area contributed by atoms with Gasteiger partial charge in [0.2, 0.25) is 5.91 Å². The molecule has 0 spiro atoms. The molecule has 4 aromatic rings. The van der Waals surface area contributed by atoms with Crippen LogP contribution in [-0.4, -0.2) is 61.2 Å². The number of amides is 1. The largest absolute Gasteiger partial charge is 0.378 e. The van der Waals surface area contributed by atoms with Crippen molar-refractivity contribution in [3.05, 3.63) is 70.9 Å². The number of morpholine rings is 1. The molecule has 9 nitrogen and oxygen atoms in total. The molecule has 3 aromatic heterocycles. The maximum absolute atomic E-state index is 13.7. The summed E-state index contributed by atoms with van der Waals surface area (Å²) in [5.41, 5.74) is 1.59. The Kier molecular flexibility index (Phi) is 5.10. The van der Waals surface area contributed by atoms with E-state index in [4.69, 9.17) is 9.84 Å². The second kappa shape index (κ2) is 8.08. The third-order valence-corrected chi connectivity index (χ3v) is 5.78. The molecule has 1 aliphatic rings. The average Bonchev–Trinajstić information content (AvgIpc) is 3.50. The maximum atomic E-state index is 13.7. The molecule has 0 radical (unpaired) electrons. The number of fused-ring (bicyclic) bond motifs is 1. The topological polar surface area (TPSA) is 87.2 Å². The lowest BCUT2D eigenvalue weighted by Gasteiger charge is -2.29. The number of rotatable bonds is 4. The lowest BCUT2D eigenvalue weighted by atomic mass is 10.2. The van der Waals surface area contributed by atoms with E-state index in [2.05, 4.69) is 5.10 Å². The summed E-state index contributed by atoms with van der Waals surface area (Å²) in [6.07, 6.45) is 3.75. The van der Waals surface area contributed by atoms with E-state index in [0.717, 1.165) is 5.69 Å². The molecule has 4 heterocycles. The first-order valence-electron chi connectivity index (χ1n) is 10.6. The monoisotopic (exact) mass is 432 g/mol. The Morgan fingerprint density at radius 1 is 1.03 bits per heavy atom. The zero-order valence-electron chi connectivity index (χ0n) is 18.0. The van der Waals surface area contributed by atoms with Crippen LogP contribution in [0.5, 0.6) is 0 Å². The molecule has 1 aliphatic heterocycles. The smallest absolute Gasteiger partial charge is 0.280 e. The number of carbonyl (C=O) groups excluding carboxylic acids is 1. The molecule has 0 saturated carbocycles. The van der Waals surface area contributed by atoms with E-state index in [-0.39, 0.29) is 11.5 Å². The van der Waals surface area contributed by atoms with Crippen molar-refractivity contribution in [1.82, 2.24) is 29.0 Å². The van der Waals surface area contributed by atoms with Crippen LogP contribution in [-0.2, 0) is 9.53 Å². The Hall–Kier alpha value is -3.72. The van der Waals surface area contributed by atoms with Crippen molar-refractivity contribution >= 4 is 16.8 Å². The van der Waals surface area contributed by atoms with Gasteiger partial charge in [-0.25, -0.2) is 9.36 Å². The molecule has 1 saturated heterocycles. The Morgan fingerprint density at radius 2 is 1.72 bits per heavy atom. The predicted octanol–water partition coefficient (Wildman–Crippen LogP) is 2.10. The third kappa shape index (κ3) is 3.31. The van der Waals surface area contributed by atoms with Crippen LogP contribution in [0, 0.1) is 6.92 Å². The molecule has 0 N–H and O–H groups in total. The number of aryl methyl sites for hydroxylation is 1. The molecule has 0 aliphatic carbocycles. The lowest BCUT2D eigenvalue weighted by Crippen LogP contribution is -2.45. The fraction of sp³-hybridized carbons (Fsp3) is 0.304. The summed E-state index contributed by atoms with van der Waals surface area (Å²) in [7, 11) is 0. The van der Waals surface area contributed by atoms with Crippen LogP contribution in [0.25, 0.3) is 22.4 Å². The molecule has 1 amide bonds. The molecule has 164 valence electrons. The average molecular weight is 432 g/mol. The molecular formula is C23H24N6O3. The van der Waals surface area contributed by atoms with Gasteiger partial charge in [0.05, 0.1) is 24.6 Å². The highest BCUT2D eigenvalue weighted by Gasteiger charge is 2.28. The molecule has 1 aromatic carbocycles. The molecule has 0 bridgehead atoms. The van der Waals surface area contributed by atoms with Gasteiger partial charge < -0.3 is 14.2 Å². The van der Waals surface area contributed by atoms with Gasteiger partial charge >= 0.3 is 0 Å². The summed E-state index contributed by atoms with van der Waals surface area (Å²) in [4.78, 5) is 28.5. The molecule has 1 atom stereocenters. The highest BCUT2D eigenvalue weighted by Crippen LogP contribution is 2.25. The minimum atomic E-state index is -0.735. The normalized spacial score (nSPS) is 15.2. The first-order valence-corrected chi connectivity index (χ1v) is 10.6. The fourth-order valence-corrected chi connectivity index (χ4v) is 4.11. The van der Waals surface area contributed by atoms with Crippen molar-refractivity contribution in [1.29, 1.82) is 0 Å². The van der Waals surface area contributed by atoms with Gasteiger partial charge in [0.25, 0.3) is 5.56 Å². The van der Waals surface area contributed by atoms with Crippen molar-refractivity contribution in [2.45, 2.75) is 19.9 Å². The Labute approximate surface area is 184 Å². The fourth-order valence-electron chi connectivity index (χ4n) is 4.11. The van der Waals surface area contributed by atoms with Gasteiger partial charge in [-0.3, -0.25) is 9.59 Å². The summed E-state index contributed by atoms with van der Waals surface area (Å²) in [6.45, 7) is 5.56. The van der Waals surface area contributed by atoms with Gasteiger partial charge in [0.15, 0.2) is 5.82 Å². The van der Waals surface area contributed by atoms with E-state index < -0.39 is 6.04 Å². The van der Waals surface area contributed by atoms with E-state index in [1.54, 1.807) is 16.5 Å². The van der Waals surface area contributed by atoms with Crippen molar-refractivity contribution in [2.24, 2.45) is 0 Å². The molecule has 5 rings (SSSR count). The standard InChI is InChI=1S/C23H24N6O3/c1-16-20-19(23(31)28(24-16)17(2)22(30)27-12-14-32-15-13-27)21(26-10-6-7-11-26)29(25-20)18-8-4-3-5-9-18/h3-11,17H,12-15H2,1-2H3/t17-/m1/s1. The summed E-state index contributed by atoms with van der Waals surface area (Å²) < 4.78 is 10.2. The number of benzene rings is 1. The van der Waals surface area contributed by atoms with Crippen molar-refractivity contribution in [3.8, 4) is 11.5 Å². The van der Waals surface area contributed by atoms with E-state index in [0.29, 0.717) is 48.7 Å². The van der Waals surface area contributed by atoms with Gasteiger partial charge in [-0.2, -0.15) is 10.2 Å². The number of carbonyl (C=O) groups is 1. The van der Waals surface area contributed by atoms with Crippen molar-refractivity contribution in [2.75, 3.05) is 26.3 Å². The minimum Gasteiger partial charge on any atom is -0.378 e. The SMILES string of the molecule is Cc1nn([C@H](C)C(=O)N2CCOCC2)c(=O)c2c(-n3cccc3)n(-c3ccccc3)nc12. The van der Waals surface area contributed by atoms with Crippen LogP contribution >= 0.6 is 0 Å². The third-order valence-electron chi connectivity index (χ3n) is 5.78. The van der Waals surface area contributed by atoms with Gasteiger partial charge in [0, 0.05) is 25.5 Å². The summed E-state index contributed by atoms with van der Waals surface area (Å²) in [5.74, 6) is 0.478. The van der Waals surface area contributed by atoms with Crippen LogP contribution in [0.2, 0.25) is 0 Å². The quantitative estimate of drug-likeness (QED) is 0.493. The van der Waals surface area contributed by atoms with E-state index in [1.165, 1.54) is 4.68 Å². The second-order valence-electron chi connectivity index (χ2n) is 7.83. The number of para-hydroxylation sites is 1. The molecule has 1 fully saturated rings. The number of hydrogen-bond donors (Lipinski definition) is 0. The Morgan fingerprint density at radius 3 is 2.41 bits per heavy atom. The van der Waals surface area contributed by atoms with Gasteiger partial charge in [-0.15, -0.1) is 0 Å². The number of hydrogen-bond acceptors (Lipinski definition) is 5. The predicted molar refractivity (Wildman–Crippen MR) is 119 cm³/mol. The van der Waals surface area contributed by atoms with Crippen LogP contribution in [0.1, 0.15) is 18.7 Å². The highest BCUT2D eigenvalue weighted by atomic mass is 16.5. The van der Waals surface area contributed by atoms with Crippen molar-refractivity contribution < 1.29 is 9.53 Å². The maximum Gasteiger partial charge on any atom is 0.280 e. The molecule has 32 heavy (non-hydrogen) atoms. The summed E-state index contributed by atoms with van der Waals surface area (Å²) >= 11 is 0. The first kappa shape index (κ1) is 20.2. The zero-order chi connectivity index (χ0) is 22.2. The van der Waals surface area contributed by atoms with E-state index >= 15 is 0 Å². The number of nitrogens with zero attached hydrogens (tertiary/aromatic N) is 6. The van der Waals surface area contributed by atoms with Crippen molar-refractivity contribution in [3.63, 3.8) is 0 Å².